The van der Waals surface area contributed by atoms with Gasteiger partial charge in [-0.15, -0.1) is 0 Å². The number of carbonyl (C=O) groups is 1. The Hall–Kier alpha value is -1.44. The zero-order chi connectivity index (χ0) is 13.2. The number of rotatable bonds is 4. The molecule has 4 N–H and O–H groups in total. The summed E-state index contributed by atoms with van der Waals surface area (Å²) in [6.45, 7) is 1.52. The molecular formula is C10H14N2O4S. The fraction of sp³-hybridized carbons (Fsp3) is 0.300. The Labute approximate surface area is 99.6 Å². The van der Waals surface area contributed by atoms with Crippen molar-refractivity contribution in [3.05, 3.63) is 23.8 Å². The Kier molecular flexibility index (Phi) is 3.87. The molecular weight excluding hydrogens is 244 g/mol. The van der Waals surface area contributed by atoms with Gasteiger partial charge in [-0.3, -0.25) is 4.79 Å². The molecule has 0 aliphatic rings. The minimum absolute atomic E-state index is 0.0914. The molecule has 0 aliphatic carbocycles. The summed E-state index contributed by atoms with van der Waals surface area (Å²) in [6.07, 6.45) is 0. The van der Waals surface area contributed by atoms with Crippen molar-refractivity contribution < 1.29 is 17.9 Å². The maximum absolute atomic E-state index is 11.6. The van der Waals surface area contributed by atoms with Crippen LogP contribution in [0.5, 0.6) is 5.75 Å². The van der Waals surface area contributed by atoms with Crippen LogP contribution < -0.4 is 15.6 Å². The van der Waals surface area contributed by atoms with Crippen molar-refractivity contribution in [3.8, 4) is 5.75 Å². The Bertz CT molecular complexity index is 537. The van der Waals surface area contributed by atoms with Crippen LogP contribution in [-0.4, -0.2) is 27.4 Å². The summed E-state index contributed by atoms with van der Waals surface area (Å²) in [4.78, 5) is 11.4. The van der Waals surface area contributed by atoms with Gasteiger partial charge in [0, 0.05) is 5.56 Å². The maximum atomic E-state index is 11.6. The summed E-state index contributed by atoms with van der Waals surface area (Å²) in [5.41, 5.74) is 5.62. The first-order valence-electron chi connectivity index (χ1n) is 4.78. The predicted octanol–water partition coefficient (Wildman–Crippen LogP) is -0.127. The molecule has 1 atom stereocenters. The van der Waals surface area contributed by atoms with E-state index in [4.69, 9.17) is 15.6 Å². The number of sulfonamides is 1. The van der Waals surface area contributed by atoms with Crippen LogP contribution in [0.25, 0.3) is 0 Å². The lowest BCUT2D eigenvalue weighted by molar-refractivity contribution is 0.0967. The molecule has 1 aromatic carbocycles. The van der Waals surface area contributed by atoms with E-state index in [1.54, 1.807) is 0 Å². The third kappa shape index (κ3) is 3.02. The molecule has 0 aliphatic heterocycles. The molecule has 17 heavy (non-hydrogen) atoms. The summed E-state index contributed by atoms with van der Waals surface area (Å²) in [6, 6.07) is 3.27. The highest BCUT2D eigenvalue weighted by Gasteiger charge is 2.19. The van der Waals surface area contributed by atoms with E-state index < -0.39 is 16.1 Å². The molecule has 0 fully saturated rings. The fourth-order valence-electron chi connectivity index (χ4n) is 1.32. The first-order chi connectivity index (χ1) is 7.77. The summed E-state index contributed by atoms with van der Waals surface area (Å²) in [5, 5.41) is 5.03. The van der Waals surface area contributed by atoms with E-state index in [9.17, 15) is 13.2 Å². The molecule has 0 spiro atoms. The second-order valence-electron chi connectivity index (χ2n) is 3.56. The van der Waals surface area contributed by atoms with Crippen LogP contribution in [0.15, 0.2) is 23.1 Å². The van der Waals surface area contributed by atoms with Crippen molar-refractivity contribution in [3.63, 3.8) is 0 Å². The smallest absolute Gasteiger partial charge is 0.241 e. The van der Waals surface area contributed by atoms with Crippen LogP contribution >= 0.6 is 0 Å². The van der Waals surface area contributed by atoms with Gasteiger partial charge in [0.2, 0.25) is 10.0 Å². The van der Waals surface area contributed by atoms with Crippen LogP contribution in [0, 0.1) is 0 Å². The number of methoxy groups -OCH3 is 1. The number of hydrogen-bond acceptors (Lipinski definition) is 5. The normalized spacial score (nSPS) is 13.2. The van der Waals surface area contributed by atoms with Gasteiger partial charge in [-0.05, 0) is 25.1 Å². The summed E-state index contributed by atoms with van der Waals surface area (Å²) >= 11 is 0. The van der Waals surface area contributed by atoms with E-state index in [0.717, 1.165) is 0 Å². The highest BCUT2D eigenvalue weighted by Crippen LogP contribution is 2.24. The molecule has 0 aromatic heterocycles. The van der Waals surface area contributed by atoms with Gasteiger partial charge in [-0.1, -0.05) is 0 Å². The lowest BCUT2D eigenvalue weighted by Crippen LogP contribution is -2.27. The summed E-state index contributed by atoms with van der Waals surface area (Å²) < 4.78 is 27.5. The van der Waals surface area contributed by atoms with Gasteiger partial charge in [0.1, 0.15) is 10.6 Å². The first-order valence-corrected chi connectivity index (χ1v) is 6.32. The van der Waals surface area contributed by atoms with Crippen molar-refractivity contribution in [1.82, 2.24) is 0 Å². The van der Waals surface area contributed by atoms with Crippen LogP contribution in [-0.2, 0) is 10.0 Å². The topological polar surface area (TPSA) is 112 Å². The fourth-order valence-corrected chi connectivity index (χ4v) is 2.04. The zero-order valence-corrected chi connectivity index (χ0v) is 10.3. The molecule has 1 rings (SSSR count). The van der Waals surface area contributed by atoms with Gasteiger partial charge < -0.3 is 10.5 Å². The average molecular weight is 258 g/mol. The van der Waals surface area contributed by atoms with Gasteiger partial charge in [0.05, 0.1) is 13.2 Å². The number of ether oxygens (including phenoxy) is 1. The number of primary sulfonamides is 1. The van der Waals surface area contributed by atoms with E-state index in [-0.39, 0.29) is 22.0 Å². The molecule has 0 radical (unpaired) electrons. The molecule has 0 unspecified atom stereocenters. The van der Waals surface area contributed by atoms with E-state index in [2.05, 4.69) is 0 Å². The molecule has 6 nitrogen and oxygen atoms in total. The van der Waals surface area contributed by atoms with E-state index in [1.165, 1.54) is 32.2 Å². The number of hydrogen-bond donors (Lipinski definition) is 2. The molecule has 0 bridgehead atoms. The van der Waals surface area contributed by atoms with Gasteiger partial charge in [-0.25, -0.2) is 13.6 Å². The quantitative estimate of drug-likeness (QED) is 0.731. The van der Waals surface area contributed by atoms with Crippen molar-refractivity contribution in [1.29, 1.82) is 0 Å². The molecule has 7 heteroatoms. The molecule has 0 heterocycles. The van der Waals surface area contributed by atoms with Crippen molar-refractivity contribution >= 4 is 15.8 Å². The number of Topliss-reactive ketones (excluding diaryl/α,β-unsaturated/α-hetero) is 1. The third-order valence-electron chi connectivity index (χ3n) is 2.17. The van der Waals surface area contributed by atoms with Crippen LogP contribution in [0.2, 0.25) is 0 Å². The van der Waals surface area contributed by atoms with Crippen LogP contribution in [0.4, 0.5) is 0 Å². The van der Waals surface area contributed by atoms with Crippen molar-refractivity contribution in [2.75, 3.05) is 7.11 Å². The molecule has 94 valence electrons. The lowest BCUT2D eigenvalue weighted by Gasteiger charge is -2.09. The minimum atomic E-state index is -3.95. The average Bonchev–Trinajstić information content (AvgIpc) is 2.25. The summed E-state index contributed by atoms with van der Waals surface area (Å²) in [5.74, 6) is -0.272. The molecule has 0 saturated carbocycles. The molecule has 1 aromatic rings. The molecule has 0 amide bonds. The van der Waals surface area contributed by atoms with Gasteiger partial charge in [0.25, 0.3) is 0 Å². The Morgan fingerprint density at radius 3 is 2.41 bits per heavy atom. The number of benzene rings is 1. The Morgan fingerprint density at radius 1 is 1.41 bits per heavy atom. The lowest BCUT2D eigenvalue weighted by atomic mass is 10.1. The van der Waals surface area contributed by atoms with Gasteiger partial charge in [0.15, 0.2) is 5.78 Å². The number of nitrogens with two attached hydrogens (primary N) is 2. The van der Waals surface area contributed by atoms with Crippen LogP contribution in [0.3, 0.4) is 0 Å². The highest BCUT2D eigenvalue weighted by atomic mass is 32.2. The van der Waals surface area contributed by atoms with Gasteiger partial charge in [-0.2, -0.15) is 0 Å². The summed E-state index contributed by atoms with van der Waals surface area (Å²) in [7, 11) is -2.63. The largest absolute Gasteiger partial charge is 0.495 e. The second-order valence-corrected chi connectivity index (χ2v) is 5.09. The van der Waals surface area contributed by atoms with Crippen LogP contribution in [0.1, 0.15) is 17.3 Å². The van der Waals surface area contributed by atoms with E-state index in [0.29, 0.717) is 0 Å². The maximum Gasteiger partial charge on any atom is 0.241 e. The second kappa shape index (κ2) is 4.82. The first kappa shape index (κ1) is 13.6. The van der Waals surface area contributed by atoms with E-state index >= 15 is 0 Å². The molecule has 0 saturated heterocycles. The monoisotopic (exact) mass is 258 g/mol. The Balaban J connectivity index is 3.38. The van der Waals surface area contributed by atoms with E-state index in [1.807, 2.05) is 0 Å². The van der Waals surface area contributed by atoms with Crippen molar-refractivity contribution in [2.24, 2.45) is 10.9 Å². The third-order valence-corrected chi connectivity index (χ3v) is 3.10. The minimum Gasteiger partial charge on any atom is -0.495 e. The Morgan fingerprint density at radius 2 is 2.00 bits per heavy atom. The highest BCUT2D eigenvalue weighted by molar-refractivity contribution is 7.89. The zero-order valence-electron chi connectivity index (χ0n) is 9.51. The number of ketones is 1. The SMILES string of the molecule is COc1ccc(C(=O)[C@H](C)N)cc1S(N)(=O)=O. The standard InChI is InChI=1S/C10H14N2O4S/c1-6(11)10(13)7-3-4-8(16-2)9(5-7)17(12,14)15/h3-6H,11H2,1-2H3,(H2,12,14,15)/t6-/m0/s1. The number of carbonyl (C=O) groups excluding carboxylic acids is 1. The van der Waals surface area contributed by atoms with Gasteiger partial charge >= 0.3 is 0 Å². The van der Waals surface area contributed by atoms with Crippen molar-refractivity contribution in [2.45, 2.75) is 17.9 Å². The predicted molar refractivity (Wildman–Crippen MR) is 62.3 cm³/mol.